The minimum absolute atomic E-state index is 0. The average Bonchev–Trinajstić information content (AvgIpc) is 3.79. The van der Waals surface area contributed by atoms with Gasteiger partial charge in [-0.2, -0.15) is 0 Å². The van der Waals surface area contributed by atoms with Gasteiger partial charge in [-0.05, 0) is 12.1 Å². The topological polar surface area (TPSA) is 223 Å². The van der Waals surface area contributed by atoms with Crippen LogP contribution >= 0.6 is 0 Å². The molecule has 0 fully saturated rings. The van der Waals surface area contributed by atoms with Crippen molar-refractivity contribution in [3.63, 3.8) is 0 Å². The summed E-state index contributed by atoms with van der Waals surface area (Å²) in [4.78, 5) is 32.2. The molecule has 7 aromatic rings. The molecule has 2 aliphatic rings. The SMILES string of the molecule is O=S(=O)([O-])c1ccc2c3nc4nc(nc5[nH]c(nc6nc(nc([nH]3)c2c1S(=O)(=O)[O-])-c1ccccc1-6)c1ccccc51)-c1ccccc1-4.[Cu+2]. The van der Waals surface area contributed by atoms with Crippen molar-refractivity contribution >= 4 is 64.4 Å². The number of aromatic nitrogens is 8. The smallest absolute Gasteiger partial charge is 0.744 e. The summed E-state index contributed by atoms with van der Waals surface area (Å²) >= 11 is 0. The molecule has 0 atom stereocenters. The fourth-order valence-corrected chi connectivity index (χ4v) is 8.07. The summed E-state index contributed by atoms with van der Waals surface area (Å²) in [6.07, 6.45) is 0. The van der Waals surface area contributed by atoms with Gasteiger partial charge in [-0.25, -0.2) is 46.7 Å². The maximum Gasteiger partial charge on any atom is 2.00 e. The van der Waals surface area contributed by atoms with Crippen LogP contribution in [0.25, 0.3) is 89.7 Å². The van der Waals surface area contributed by atoms with Crippen molar-refractivity contribution in [1.29, 1.82) is 0 Å². The number of nitrogens with zero attached hydrogens (tertiary/aromatic N) is 6. The van der Waals surface area contributed by atoms with E-state index in [0.29, 0.717) is 39.4 Å². The van der Waals surface area contributed by atoms with Gasteiger partial charge in [0.2, 0.25) is 0 Å². The maximum atomic E-state index is 12.7. The van der Waals surface area contributed by atoms with Crippen LogP contribution in [0.4, 0.5) is 0 Å². The quantitative estimate of drug-likeness (QED) is 0.182. The number of aromatic amines is 2. The Morgan fingerprint density at radius 1 is 0.449 bits per heavy atom. The largest absolute Gasteiger partial charge is 2.00 e. The summed E-state index contributed by atoms with van der Waals surface area (Å²) < 4.78 is 74.7. The molecule has 243 valence electrons. The monoisotopic (exact) mass is 735 g/mol. The van der Waals surface area contributed by atoms with Crippen molar-refractivity contribution in [2.45, 2.75) is 9.79 Å². The Hall–Kier alpha value is -5.42. The van der Waals surface area contributed by atoms with Crippen LogP contribution in [0.5, 0.6) is 0 Å². The summed E-state index contributed by atoms with van der Waals surface area (Å²) in [6.45, 7) is 0. The Morgan fingerprint density at radius 3 is 1.27 bits per heavy atom. The Labute approximate surface area is 286 Å². The van der Waals surface area contributed by atoms with E-state index in [1.54, 1.807) is 36.4 Å². The normalized spacial score (nSPS) is 12.4. The molecule has 8 bridgehead atoms. The molecule has 0 unspecified atom stereocenters. The zero-order chi connectivity index (χ0) is 32.9. The van der Waals surface area contributed by atoms with Gasteiger partial charge in [0.25, 0.3) is 0 Å². The Morgan fingerprint density at radius 2 is 0.837 bits per heavy atom. The number of H-pyrrole nitrogens is 2. The van der Waals surface area contributed by atoms with E-state index >= 15 is 0 Å². The average molecular weight is 736 g/mol. The van der Waals surface area contributed by atoms with E-state index in [1.165, 1.54) is 6.07 Å². The van der Waals surface area contributed by atoms with Gasteiger partial charge >= 0.3 is 17.1 Å². The predicted molar refractivity (Wildman–Crippen MR) is 172 cm³/mol. The fourth-order valence-electron chi connectivity index (χ4n) is 6.13. The number of rotatable bonds is 2. The summed E-state index contributed by atoms with van der Waals surface area (Å²) in [5.74, 6) is 0.876. The van der Waals surface area contributed by atoms with Crippen molar-refractivity contribution < 1.29 is 43.0 Å². The van der Waals surface area contributed by atoms with E-state index in [0.717, 1.165) is 16.8 Å². The molecule has 1 radical (unpaired) electrons. The third-order valence-corrected chi connectivity index (χ3v) is 10.1. The minimum atomic E-state index is -5.56. The molecule has 14 nitrogen and oxygen atoms in total. The number of nitrogens with one attached hydrogen (secondary N) is 2. The second-order valence-corrected chi connectivity index (χ2v) is 13.6. The van der Waals surface area contributed by atoms with E-state index in [2.05, 4.69) is 19.9 Å². The van der Waals surface area contributed by atoms with Gasteiger partial charge in [0.15, 0.2) is 23.3 Å². The molecule has 9 rings (SSSR count). The number of benzene rings is 4. The molecule has 0 amide bonds. The molecule has 2 aliphatic heterocycles. The molecule has 0 saturated heterocycles. The van der Waals surface area contributed by atoms with Crippen LogP contribution in [0.3, 0.4) is 0 Å². The first-order valence-corrected chi connectivity index (χ1v) is 17.1. The van der Waals surface area contributed by atoms with E-state index in [4.69, 9.17) is 19.9 Å². The summed E-state index contributed by atoms with van der Waals surface area (Å²) in [5, 5.41) is 1.13. The van der Waals surface area contributed by atoms with Crippen LogP contribution in [0.15, 0.2) is 94.7 Å². The third kappa shape index (κ3) is 4.82. The molecule has 49 heavy (non-hydrogen) atoms. The summed E-state index contributed by atoms with van der Waals surface area (Å²) in [7, 11) is -11.0. The second-order valence-electron chi connectivity index (χ2n) is 11.0. The first-order chi connectivity index (χ1) is 23.0. The van der Waals surface area contributed by atoms with E-state index in [9.17, 15) is 25.9 Å². The Bertz CT molecular complexity index is 2980. The van der Waals surface area contributed by atoms with Gasteiger partial charge in [0.05, 0.1) is 9.79 Å². The van der Waals surface area contributed by atoms with Gasteiger partial charge in [-0.3, -0.25) is 0 Å². The zero-order valence-electron chi connectivity index (χ0n) is 24.3. The number of hydrogen-bond donors (Lipinski definition) is 2. The molecule has 0 aliphatic carbocycles. The minimum Gasteiger partial charge on any atom is -0.744 e. The van der Waals surface area contributed by atoms with Crippen LogP contribution in [0.2, 0.25) is 0 Å². The molecule has 0 saturated carbocycles. The van der Waals surface area contributed by atoms with Crippen LogP contribution in [-0.2, 0) is 37.3 Å². The van der Waals surface area contributed by atoms with Crippen LogP contribution in [0, 0.1) is 0 Å². The first kappa shape index (κ1) is 30.9. The molecule has 2 N–H and O–H groups in total. The van der Waals surface area contributed by atoms with Crippen molar-refractivity contribution in [2.75, 3.05) is 0 Å². The van der Waals surface area contributed by atoms with E-state index < -0.39 is 35.4 Å². The molecule has 3 aromatic heterocycles. The van der Waals surface area contributed by atoms with Gasteiger partial charge in [-0.15, -0.1) is 0 Å². The molecule has 17 heteroatoms. The number of hydrogen-bond acceptors (Lipinski definition) is 12. The van der Waals surface area contributed by atoms with Gasteiger partial charge in [0, 0.05) is 43.8 Å². The zero-order valence-corrected chi connectivity index (χ0v) is 26.9. The summed E-state index contributed by atoms with van der Waals surface area (Å²) in [6, 6.07) is 23.8. The van der Waals surface area contributed by atoms with Gasteiger partial charge in [-0.1, -0.05) is 72.8 Å². The van der Waals surface area contributed by atoms with Crippen molar-refractivity contribution in [2.24, 2.45) is 0 Å². The van der Waals surface area contributed by atoms with E-state index in [-0.39, 0.29) is 51.2 Å². The van der Waals surface area contributed by atoms with E-state index in [1.807, 2.05) is 36.4 Å². The molecule has 4 aromatic carbocycles. The summed E-state index contributed by atoms with van der Waals surface area (Å²) in [5.41, 5.74) is 3.08. The standard InChI is InChI=1S/C32H18N8O6S2.Cu/c41-47(42,43)22-14-13-21-23(24(22)48(44,45)46)32-39-30-20-12-6-5-11-19(20)28(37-30)35-26-16-8-2-1-7-15(16)25(33-26)34-27-17-9-3-4-10-18(17)29(36-27)38-31(21)40-32;/h1-14H,(H,41,42,43)(H,44,45,46)(H2,33,34,35,36,37,38,39,40);/q;+2/p-2. The second kappa shape index (κ2) is 10.8. The van der Waals surface area contributed by atoms with Gasteiger partial charge in [0.1, 0.15) is 42.8 Å². The van der Waals surface area contributed by atoms with Crippen LogP contribution in [-0.4, -0.2) is 65.8 Å². The Kier molecular flexibility index (Phi) is 6.80. The third-order valence-electron chi connectivity index (χ3n) is 8.16. The Balaban J connectivity index is 0.00000348. The molecule has 0 spiro atoms. The number of fused-ring (bicyclic) bond motifs is 20. The predicted octanol–water partition coefficient (Wildman–Crippen LogP) is 4.67. The fraction of sp³-hybridized carbons (Fsp3) is 0. The van der Waals surface area contributed by atoms with Crippen molar-refractivity contribution in [1.82, 2.24) is 39.9 Å². The van der Waals surface area contributed by atoms with Crippen LogP contribution in [0.1, 0.15) is 0 Å². The molecular formula is C32H16CuN8O6S2. The van der Waals surface area contributed by atoms with Crippen molar-refractivity contribution in [3.05, 3.63) is 84.9 Å². The maximum absolute atomic E-state index is 12.7. The van der Waals surface area contributed by atoms with Gasteiger partial charge < -0.3 is 19.1 Å². The van der Waals surface area contributed by atoms with Crippen LogP contribution < -0.4 is 0 Å². The first-order valence-electron chi connectivity index (χ1n) is 14.2. The molecule has 5 heterocycles. The van der Waals surface area contributed by atoms with Crippen molar-refractivity contribution in [3.8, 4) is 45.6 Å². The molecular weight excluding hydrogens is 720 g/mol.